The molecule has 0 unspecified atom stereocenters. The quantitative estimate of drug-likeness (QED) is 0.639. The molecule has 1 amide bonds. The van der Waals surface area contributed by atoms with E-state index in [0.29, 0.717) is 19.4 Å². The molecule has 2 aliphatic rings. The molecule has 0 radical (unpaired) electrons. The summed E-state index contributed by atoms with van der Waals surface area (Å²) in [7, 11) is -3.62. The Morgan fingerprint density at radius 1 is 0.909 bits per heavy atom. The van der Waals surface area contributed by atoms with Crippen molar-refractivity contribution < 1.29 is 17.6 Å². The summed E-state index contributed by atoms with van der Waals surface area (Å²) in [6.07, 6.45) is 3.43. The van der Waals surface area contributed by atoms with Crippen LogP contribution in [0.1, 0.15) is 42.4 Å². The van der Waals surface area contributed by atoms with E-state index in [1.807, 2.05) is 12.1 Å². The molecule has 0 aromatic heterocycles. The predicted octanol–water partition coefficient (Wildman–Crippen LogP) is 3.28. The van der Waals surface area contributed by atoms with Gasteiger partial charge < -0.3 is 5.32 Å². The number of hydrogen-bond acceptors (Lipinski definition) is 4. The Hall–Kier alpha value is -2.29. The Kier molecular flexibility index (Phi) is 7.78. The number of rotatable bonds is 8. The maximum absolute atomic E-state index is 13.9. The van der Waals surface area contributed by atoms with Crippen molar-refractivity contribution in [2.24, 2.45) is 5.92 Å². The fourth-order valence-electron chi connectivity index (χ4n) is 4.69. The van der Waals surface area contributed by atoms with Crippen LogP contribution in [0.4, 0.5) is 4.39 Å². The summed E-state index contributed by atoms with van der Waals surface area (Å²) in [5, 5.41) is 3.06. The van der Waals surface area contributed by atoms with E-state index >= 15 is 0 Å². The molecule has 2 fully saturated rings. The van der Waals surface area contributed by atoms with E-state index < -0.39 is 15.8 Å². The highest BCUT2D eigenvalue weighted by Crippen LogP contribution is 2.23. The molecular weight excluding hydrogens is 441 g/mol. The van der Waals surface area contributed by atoms with Gasteiger partial charge >= 0.3 is 0 Å². The van der Waals surface area contributed by atoms with E-state index in [0.717, 1.165) is 25.2 Å². The van der Waals surface area contributed by atoms with Crippen molar-refractivity contribution in [1.82, 2.24) is 14.5 Å². The van der Waals surface area contributed by atoms with Crippen molar-refractivity contribution in [3.8, 4) is 0 Å². The number of benzene rings is 2. The summed E-state index contributed by atoms with van der Waals surface area (Å²) in [4.78, 5) is 15.2. The number of carbonyl (C=O) groups is 1. The molecule has 0 atom stereocenters. The number of sulfonamides is 1. The zero-order chi connectivity index (χ0) is 23.3. The van der Waals surface area contributed by atoms with Crippen molar-refractivity contribution >= 4 is 15.9 Å². The van der Waals surface area contributed by atoms with Crippen molar-refractivity contribution in [3.63, 3.8) is 0 Å². The van der Waals surface area contributed by atoms with E-state index in [9.17, 15) is 17.6 Å². The van der Waals surface area contributed by atoms with Gasteiger partial charge in [-0.3, -0.25) is 9.69 Å². The van der Waals surface area contributed by atoms with Gasteiger partial charge in [0.15, 0.2) is 0 Å². The van der Waals surface area contributed by atoms with E-state index in [4.69, 9.17) is 0 Å². The molecule has 8 heteroatoms. The zero-order valence-corrected chi connectivity index (χ0v) is 19.7. The molecule has 178 valence electrons. The lowest BCUT2D eigenvalue weighted by molar-refractivity contribution is -0.126. The van der Waals surface area contributed by atoms with Crippen LogP contribution in [0.2, 0.25) is 0 Å². The van der Waals surface area contributed by atoms with Crippen molar-refractivity contribution in [3.05, 3.63) is 71.0 Å². The molecule has 0 saturated carbocycles. The number of halogens is 1. The molecule has 0 spiro atoms. The van der Waals surface area contributed by atoms with Gasteiger partial charge in [0, 0.05) is 37.7 Å². The lowest BCUT2D eigenvalue weighted by Gasteiger charge is -2.30. The minimum absolute atomic E-state index is 0.0304. The van der Waals surface area contributed by atoms with Crippen molar-refractivity contribution in [2.75, 3.05) is 26.2 Å². The summed E-state index contributed by atoms with van der Waals surface area (Å²) in [5.74, 6) is -1.11. The Labute approximate surface area is 195 Å². The van der Waals surface area contributed by atoms with Crippen molar-refractivity contribution in [1.29, 1.82) is 0 Å². The highest BCUT2D eigenvalue weighted by Gasteiger charge is 2.31. The molecule has 2 aromatic carbocycles. The van der Waals surface area contributed by atoms with Crippen LogP contribution in [0.3, 0.4) is 0 Å². The fourth-order valence-corrected chi connectivity index (χ4v) is 6.27. The third kappa shape index (κ3) is 6.19. The number of likely N-dealkylation sites (tertiary alicyclic amines) is 1. The molecule has 2 heterocycles. The minimum Gasteiger partial charge on any atom is -0.352 e. The molecule has 0 bridgehead atoms. The normalized spacial score (nSPS) is 18.5. The number of carbonyl (C=O) groups excluding carboxylic acids is 1. The van der Waals surface area contributed by atoms with Gasteiger partial charge in [0.05, 0.1) is 5.75 Å². The molecule has 4 rings (SSSR count). The molecule has 2 aliphatic heterocycles. The van der Waals surface area contributed by atoms with Crippen LogP contribution < -0.4 is 5.32 Å². The molecule has 2 saturated heterocycles. The van der Waals surface area contributed by atoms with Gasteiger partial charge in [0.1, 0.15) is 5.82 Å². The van der Waals surface area contributed by atoms with Crippen LogP contribution in [0.15, 0.2) is 48.5 Å². The van der Waals surface area contributed by atoms with Crippen LogP contribution in [-0.2, 0) is 33.7 Å². The first-order valence-electron chi connectivity index (χ1n) is 11.7. The largest absolute Gasteiger partial charge is 0.352 e. The van der Waals surface area contributed by atoms with E-state index in [1.54, 1.807) is 12.1 Å². The maximum atomic E-state index is 13.9. The van der Waals surface area contributed by atoms with Gasteiger partial charge in [0.25, 0.3) is 0 Å². The molecule has 6 nitrogen and oxygen atoms in total. The van der Waals surface area contributed by atoms with Crippen LogP contribution in [-0.4, -0.2) is 49.7 Å². The molecule has 33 heavy (non-hydrogen) atoms. The number of piperidine rings is 1. The van der Waals surface area contributed by atoms with Gasteiger partial charge in [-0.2, -0.15) is 0 Å². The number of nitrogens with zero attached hydrogens (tertiary/aromatic N) is 2. The first-order chi connectivity index (χ1) is 15.9. The first-order valence-corrected chi connectivity index (χ1v) is 13.3. The minimum atomic E-state index is -3.62. The average Bonchev–Trinajstić information content (AvgIpc) is 3.33. The lowest BCUT2D eigenvalue weighted by Crippen LogP contribution is -2.43. The standard InChI is InChI=1S/C25H32FN3O3S/c26-24-10-4-3-9-23(24)19-33(31,32)29-15-11-20(12-16-29)25(30)27-17-21-7-1-2-8-22(21)18-28-13-5-6-14-28/h1-4,7-10,20H,5-6,11-19H2,(H,27,30). The maximum Gasteiger partial charge on any atom is 0.223 e. The summed E-state index contributed by atoms with van der Waals surface area (Å²) >= 11 is 0. The summed E-state index contributed by atoms with van der Waals surface area (Å²) in [5.41, 5.74) is 2.54. The Morgan fingerprint density at radius 3 is 2.18 bits per heavy atom. The molecular formula is C25H32FN3O3S. The summed E-state index contributed by atoms with van der Waals surface area (Å²) in [6, 6.07) is 14.2. The lowest BCUT2D eigenvalue weighted by atomic mass is 9.97. The number of hydrogen-bond donors (Lipinski definition) is 1. The van der Waals surface area contributed by atoms with Crippen LogP contribution in [0, 0.1) is 11.7 Å². The monoisotopic (exact) mass is 473 g/mol. The number of amides is 1. The number of nitrogens with one attached hydrogen (secondary N) is 1. The van der Waals surface area contributed by atoms with E-state index in [2.05, 4.69) is 22.3 Å². The Bertz CT molecular complexity index is 1060. The average molecular weight is 474 g/mol. The van der Waals surface area contributed by atoms with E-state index in [-0.39, 0.29) is 36.2 Å². The molecule has 0 aliphatic carbocycles. The highest BCUT2D eigenvalue weighted by molar-refractivity contribution is 7.88. The summed E-state index contributed by atoms with van der Waals surface area (Å²) < 4.78 is 40.7. The van der Waals surface area contributed by atoms with Crippen LogP contribution in [0.25, 0.3) is 0 Å². The SMILES string of the molecule is O=C(NCc1ccccc1CN1CCCC1)C1CCN(S(=O)(=O)Cc2ccccc2F)CC1. The Morgan fingerprint density at radius 2 is 1.52 bits per heavy atom. The molecule has 2 aromatic rings. The van der Waals surface area contributed by atoms with E-state index in [1.165, 1.54) is 34.8 Å². The second kappa shape index (κ2) is 10.8. The van der Waals surface area contributed by atoms with Crippen molar-refractivity contribution in [2.45, 2.75) is 44.5 Å². The topological polar surface area (TPSA) is 69.7 Å². The van der Waals surface area contributed by atoms with Gasteiger partial charge in [-0.05, 0) is 56.0 Å². The first kappa shape index (κ1) is 23.9. The third-order valence-corrected chi connectivity index (χ3v) is 8.51. The van der Waals surface area contributed by atoms with Gasteiger partial charge in [-0.1, -0.05) is 42.5 Å². The highest BCUT2D eigenvalue weighted by atomic mass is 32.2. The van der Waals surface area contributed by atoms with Crippen LogP contribution in [0.5, 0.6) is 0 Å². The molecule has 1 N–H and O–H groups in total. The zero-order valence-electron chi connectivity index (χ0n) is 18.9. The second-order valence-electron chi connectivity index (χ2n) is 8.99. The van der Waals surface area contributed by atoms with Crippen LogP contribution >= 0.6 is 0 Å². The summed E-state index contributed by atoms with van der Waals surface area (Å²) in [6.45, 7) is 4.19. The Balaban J connectivity index is 1.28. The third-order valence-electron chi connectivity index (χ3n) is 6.68. The predicted molar refractivity (Wildman–Crippen MR) is 126 cm³/mol. The van der Waals surface area contributed by atoms with Gasteiger partial charge in [0.2, 0.25) is 15.9 Å². The fraction of sp³-hybridized carbons (Fsp3) is 0.480. The second-order valence-corrected chi connectivity index (χ2v) is 11.0. The van der Waals surface area contributed by atoms with Gasteiger partial charge in [-0.25, -0.2) is 17.1 Å². The van der Waals surface area contributed by atoms with Gasteiger partial charge in [-0.15, -0.1) is 0 Å². The smallest absolute Gasteiger partial charge is 0.223 e.